The Morgan fingerprint density at radius 1 is 0.409 bits per heavy atom. The molecule has 0 spiro atoms. The van der Waals surface area contributed by atoms with E-state index in [1.54, 1.807) is 0 Å². The lowest BCUT2D eigenvalue weighted by molar-refractivity contribution is 0.125. The molecule has 0 aliphatic rings. The Balaban J connectivity index is 0. The molecule has 0 bridgehead atoms. The van der Waals surface area contributed by atoms with E-state index in [1.807, 2.05) is 13.8 Å². The van der Waals surface area contributed by atoms with Crippen molar-refractivity contribution in [1.29, 1.82) is 0 Å². The molecule has 0 aromatic heterocycles. The van der Waals surface area contributed by atoms with Gasteiger partial charge in [0.15, 0.2) is 0 Å². The van der Waals surface area contributed by atoms with Gasteiger partial charge in [0.1, 0.15) is 0 Å². The van der Waals surface area contributed by atoms with E-state index in [4.69, 9.17) is 9.47 Å². The third-order valence-corrected chi connectivity index (χ3v) is 3.69. The van der Waals surface area contributed by atoms with Crippen molar-refractivity contribution in [3.05, 3.63) is 0 Å². The lowest BCUT2D eigenvalue weighted by Crippen LogP contribution is -1.97. The molecule has 0 amide bonds. The molecule has 0 N–H and O–H groups in total. The fourth-order valence-electron chi connectivity index (χ4n) is 2.28. The Hall–Kier alpha value is -0.0800. The SMILES string of the molecule is CCCCCCCCOCCCCCCCC.CCOCC. The molecule has 0 saturated carbocycles. The molecule has 0 aliphatic heterocycles. The molecule has 0 aromatic rings. The van der Waals surface area contributed by atoms with Gasteiger partial charge in [0.05, 0.1) is 0 Å². The molecule has 0 aliphatic carbocycles. The largest absolute Gasteiger partial charge is 0.382 e. The summed E-state index contributed by atoms with van der Waals surface area (Å²) in [6.07, 6.45) is 16.3. The second-order valence-corrected chi connectivity index (χ2v) is 5.93. The molecular formula is C20H44O2. The first-order valence-electron chi connectivity index (χ1n) is 9.98. The number of hydrogen-bond acceptors (Lipinski definition) is 2. The zero-order chi connectivity index (χ0) is 16.7. The average molecular weight is 317 g/mol. The summed E-state index contributed by atoms with van der Waals surface area (Å²) >= 11 is 0. The van der Waals surface area contributed by atoms with Gasteiger partial charge in [0.2, 0.25) is 0 Å². The van der Waals surface area contributed by atoms with Crippen molar-refractivity contribution in [2.75, 3.05) is 26.4 Å². The van der Waals surface area contributed by atoms with Crippen LogP contribution in [-0.2, 0) is 9.47 Å². The molecule has 0 atom stereocenters. The summed E-state index contributed by atoms with van der Waals surface area (Å²) in [5.74, 6) is 0. The van der Waals surface area contributed by atoms with Crippen molar-refractivity contribution < 1.29 is 9.47 Å². The molecule has 0 rings (SSSR count). The van der Waals surface area contributed by atoms with Crippen molar-refractivity contribution in [3.8, 4) is 0 Å². The van der Waals surface area contributed by atoms with Crippen LogP contribution in [0.1, 0.15) is 105 Å². The van der Waals surface area contributed by atoms with E-state index in [0.29, 0.717) is 0 Å². The molecule has 0 radical (unpaired) electrons. The van der Waals surface area contributed by atoms with Crippen LogP contribution in [0, 0.1) is 0 Å². The summed E-state index contributed by atoms with van der Waals surface area (Å²) in [4.78, 5) is 0. The second-order valence-electron chi connectivity index (χ2n) is 5.93. The zero-order valence-corrected chi connectivity index (χ0v) is 16.1. The summed E-state index contributed by atoms with van der Waals surface area (Å²) in [6.45, 7) is 12.2. The van der Waals surface area contributed by atoms with Crippen LogP contribution in [-0.4, -0.2) is 26.4 Å². The van der Waals surface area contributed by atoms with Crippen molar-refractivity contribution >= 4 is 0 Å². The third-order valence-electron chi connectivity index (χ3n) is 3.69. The highest BCUT2D eigenvalue weighted by Gasteiger charge is 1.92. The average Bonchev–Trinajstić information content (AvgIpc) is 2.53. The van der Waals surface area contributed by atoms with E-state index in [1.165, 1.54) is 77.0 Å². The first-order valence-corrected chi connectivity index (χ1v) is 9.98. The molecule has 2 nitrogen and oxygen atoms in total. The molecular weight excluding hydrogens is 272 g/mol. The van der Waals surface area contributed by atoms with E-state index in [0.717, 1.165) is 26.4 Å². The molecule has 136 valence electrons. The highest BCUT2D eigenvalue weighted by atomic mass is 16.5. The highest BCUT2D eigenvalue weighted by molar-refractivity contribution is 4.45. The maximum Gasteiger partial charge on any atom is 0.0466 e. The lowest BCUT2D eigenvalue weighted by atomic mass is 10.1. The van der Waals surface area contributed by atoms with Crippen LogP contribution in [0.4, 0.5) is 0 Å². The molecule has 0 fully saturated rings. The van der Waals surface area contributed by atoms with Gasteiger partial charge in [0.25, 0.3) is 0 Å². The standard InChI is InChI=1S/C16H34O.C4H10O/c1-3-5-7-9-11-13-15-17-16-14-12-10-8-6-4-2;1-3-5-4-2/h3-16H2,1-2H3;3-4H2,1-2H3. The van der Waals surface area contributed by atoms with Crippen LogP contribution in [0.5, 0.6) is 0 Å². The van der Waals surface area contributed by atoms with Crippen molar-refractivity contribution in [2.24, 2.45) is 0 Å². The first kappa shape index (κ1) is 24.2. The van der Waals surface area contributed by atoms with Crippen LogP contribution in [0.2, 0.25) is 0 Å². The maximum absolute atomic E-state index is 5.65. The summed E-state index contributed by atoms with van der Waals surface area (Å²) < 4.78 is 10.5. The topological polar surface area (TPSA) is 18.5 Å². The summed E-state index contributed by atoms with van der Waals surface area (Å²) in [5, 5.41) is 0. The van der Waals surface area contributed by atoms with Gasteiger partial charge in [-0.1, -0.05) is 78.1 Å². The van der Waals surface area contributed by atoms with Crippen molar-refractivity contribution in [3.63, 3.8) is 0 Å². The van der Waals surface area contributed by atoms with Gasteiger partial charge in [-0.15, -0.1) is 0 Å². The van der Waals surface area contributed by atoms with Crippen LogP contribution in [0.25, 0.3) is 0 Å². The fourth-order valence-corrected chi connectivity index (χ4v) is 2.28. The zero-order valence-electron chi connectivity index (χ0n) is 16.1. The maximum atomic E-state index is 5.65. The van der Waals surface area contributed by atoms with E-state index in [2.05, 4.69) is 13.8 Å². The minimum absolute atomic E-state index is 0.844. The van der Waals surface area contributed by atoms with Crippen molar-refractivity contribution in [2.45, 2.75) is 105 Å². The Morgan fingerprint density at radius 3 is 1.09 bits per heavy atom. The van der Waals surface area contributed by atoms with E-state index < -0.39 is 0 Å². The van der Waals surface area contributed by atoms with Gasteiger partial charge >= 0.3 is 0 Å². The third kappa shape index (κ3) is 28.1. The number of ether oxygens (including phenoxy) is 2. The normalized spacial score (nSPS) is 10.4. The summed E-state index contributed by atoms with van der Waals surface area (Å²) in [5.41, 5.74) is 0. The van der Waals surface area contributed by atoms with Gasteiger partial charge in [-0.2, -0.15) is 0 Å². The molecule has 0 saturated heterocycles. The van der Waals surface area contributed by atoms with E-state index in [9.17, 15) is 0 Å². The van der Waals surface area contributed by atoms with Crippen molar-refractivity contribution in [1.82, 2.24) is 0 Å². The number of rotatable bonds is 16. The monoisotopic (exact) mass is 316 g/mol. The Kier molecular flexibility index (Phi) is 28.4. The van der Waals surface area contributed by atoms with Crippen LogP contribution < -0.4 is 0 Å². The van der Waals surface area contributed by atoms with Gasteiger partial charge in [-0.3, -0.25) is 0 Å². The minimum Gasteiger partial charge on any atom is -0.382 e. The van der Waals surface area contributed by atoms with Crippen LogP contribution in [0.15, 0.2) is 0 Å². The van der Waals surface area contributed by atoms with Crippen LogP contribution in [0.3, 0.4) is 0 Å². The molecule has 0 heterocycles. The van der Waals surface area contributed by atoms with Gasteiger partial charge in [-0.05, 0) is 26.7 Å². The Bertz CT molecular complexity index is 144. The summed E-state index contributed by atoms with van der Waals surface area (Å²) in [6, 6.07) is 0. The summed E-state index contributed by atoms with van der Waals surface area (Å²) in [7, 11) is 0. The molecule has 0 unspecified atom stereocenters. The lowest BCUT2D eigenvalue weighted by Gasteiger charge is -2.04. The number of hydrogen-bond donors (Lipinski definition) is 0. The number of unbranched alkanes of at least 4 members (excludes halogenated alkanes) is 10. The minimum atomic E-state index is 0.844. The van der Waals surface area contributed by atoms with E-state index in [-0.39, 0.29) is 0 Å². The van der Waals surface area contributed by atoms with E-state index >= 15 is 0 Å². The predicted molar refractivity (Wildman–Crippen MR) is 99.7 cm³/mol. The quantitative estimate of drug-likeness (QED) is 0.293. The highest BCUT2D eigenvalue weighted by Crippen LogP contribution is 2.06. The Morgan fingerprint density at radius 2 is 0.773 bits per heavy atom. The molecule has 22 heavy (non-hydrogen) atoms. The fraction of sp³-hybridized carbons (Fsp3) is 1.00. The first-order chi connectivity index (χ1) is 10.8. The van der Waals surface area contributed by atoms with Crippen LogP contribution >= 0.6 is 0 Å². The Labute approximate surface area is 141 Å². The van der Waals surface area contributed by atoms with Gasteiger partial charge in [-0.25, -0.2) is 0 Å². The van der Waals surface area contributed by atoms with Gasteiger partial charge < -0.3 is 9.47 Å². The molecule has 2 heteroatoms. The smallest absolute Gasteiger partial charge is 0.0466 e. The second kappa shape index (κ2) is 25.9. The predicted octanol–water partition coefficient (Wildman–Crippen LogP) is 6.77. The molecule has 0 aromatic carbocycles. The van der Waals surface area contributed by atoms with Gasteiger partial charge in [0, 0.05) is 26.4 Å².